The van der Waals surface area contributed by atoms with Crippen molar-refractivity contribution in [1.82, 2.24) is 5.32 Å². The van der Waals surface area contributed by atoms with E-state index in [0.29, 0.717) is 18.4 Å². The highest BCUT2D eigenvalue weighted by Crippen LogP contribution is 2.21. The van der Waals surface area contributed by atoms with Crippen molar-refractivity contribution in [2.75, 3.05) is 0 Å². The first-order valence-corrected chi connectivity index (χ1v) is 8.26. The third-order valence-electron chi connectivity index (χ3n) is 4.07. The Morgan fingerprint density at radius 1 is 1.19 bits per heavy atom. The molecule has 0 aliphatic heterocycles. The van der Waals surface area contributed by atoms with Crippen molar-refractivity contribution in [3.8, 4) is 0 Å². The van der Waals surface area contributed by atoms with E-state index in [1.165, 1.54) is 24.3 Å². The number of carbonyl (C=O) groups excluding carboxylic acids is 1. The van der Waals surface area contributed by atoms with E-state index in [9.17, 15) is 19.7 Å². The molecule has 2 rings (SSSR count). The number of benzene rings is 2. The fraction of sp³-hybridized carbons (Fsp3) is 0.263. The molecule has 1 atom stereocenters. The van der Waals surface area contributed by atoms with Gasteiger partial charge in [-0.3, -0.25) is 14.9 Å². The van der Waals surface area contributed by atoms with Crippen LogP contribution in [0, 0.1) is 10.1 Å². The molecule has 0 aliphatic carbocycles. The highest BCUT2D eigenvalue weighted by molar-refractivity contribution is 5.87. The van der Waals surface area contributed by atoms with Crippen LogP contribution in [0.3, 0.4) is 0 Å². The van der Waals surface area contributed by atoms with Crippen LogP contribution in [0.15, 0.2) is 48.5 Å². The van der Waals surface area contributed by atoms with Crippen molar-refractivity contribution >= 4 is 17.6 Å². The number of aromatic carboxylic acids is 1. The maximum absolute atomic E-state index is 12.2. The summed E-state index contributed by atoms with van der Waals surface area (Å²) in [5.74, 6) is -1.15. The number of hydrogen-bond donors (Lipinski definition) is 2. The van der Waals surface area contributed by atoms with Crippen LogP contribution >= 0.6 is 0 Å². The second-order valence-electron chi connectivity index (χ2n) is 5.88. The first-order valence-electron chi connectivity index (χ1n) is 8.26. The van der Waals surface area contributed by atoms with Gasteiger partial charge in [-0.05, 0) is 36.1 Å². The quantitative estimate of drug-likeness (QED) is 0.556. The number of aryl methyl sites for hydroxylation is 1. The molecule has 2 N–H and O–H groups in total. The van der Waals surface area contributed by atoms with E-state index in [0.717, 1.165) is 5.56 Å². The molecule has 0 aliphatic rings. The minimum absolute atomic E-state index is 0.00582. The molecule has 2 aromatic carbocycles. The topological polar surface area (TPSA) is 110 Å². The largest absolute Gasteiger partial charge is 0.478 e. The second-order valence-corrected chi connectivity index (χ2v) is 5.88. The van der Waals surface area contributed by atoms with E-state index < -0.39 is 10.9 Å². The Morgan fingerprint density at radius 2 is 1.88 bits per heavy atom. The van der Waals surface area contributed by atoms with Gasteiger partial charge in [-0.1, -0.05) is 31.2 Å². The number of amides is 1. The molecule has 0 bridgehead atoms. The Hall–Kier alpha value is -3.22. The first-order chi connectivity index (χ1) is 12.4. The molecule has 0 aromatic heterocycles. The van der Waals surface area contributed by atoms with Crippen LogP contribution in [0.1, 0.15) is 47.3 Å². The molecule has 0 fully saturated rings. The van der Waals surface area contributed by atoms with Crippen LogP contribution in [0.4, 0.5) is 5.69 Å². The van der Waals surface area contributed by atoms with Crippen LogP contribution in [-0.2, 0) is 11.2 Å². The predicted octanol–water partition coefficient (Wildman–Crippen LogP) is 3.49. The molecule has 2 aromatic rings. The van der Waals surface area contributed by atoms with Gasteiger partial charge in [-0.15, -0.1) is 0 Å². The number of nitro benzene ring substituents is 1. The molecule has 26 heavy (non-hydrogen) atoms. The molecule has 0 saturated heterocycles. The molecule has 0 heterocycles. The van der Waals surface area contributed by atoms with E-state index in [-0.39, 0.29) is 29.6 Å². The standard InChI is InChI=1S/C19H20N2O5/c1-2-17(15-4-3-5-16(12-15)21(25)26)20-18(22)11-8-13-6-9-14(10-7-13)19(23)24/h3-7,9-10,12,17H,2,8,11H2,1H3,(H,20,22)(H,23,24). The Balaban J connectivity index is 1.95. The van der Waals surface area contributed by atoms with Gasteiger partial charge in [0, 0.05) is 18.6 Å². The molecular weight excluding hydrogens is 336 g/mol. The summed E-state index contributed by atoms with van der Waals surface area (Å²) in [4.78, 5) is 33.5. The minimum Gasteiger partial charge on any atom is -0.478 e. The molecule has 7 nitrogen and oxygen atoms in total. The average molecular weight is 356 g/mol. The van der Waals surface area contributed by atoms with Gasteiger partial charge < -0.3 is 10.4 Å². The Labute approximate surface area is 150 Å². The van der Waals surface area contributed by atoms with Gasteiger partial charge in [0.25, 0.3) is 5.69 Å². The molecule has 136 valence electrons. The number of carbonyl (C=O) groups is 2. The fourth-order valence-corrected chi connectivity index (χ4v) is 2.61. The number of rotatable bonds is 8. The van der Waals surface area contributed by atoms with Gasteiger partial charge in [0.15, 0.2) is 0 Å². The van der Waals surface area contributed by atoms with E-state index in [2.05, 4.69) is 5.32 Å². The maximum Gasteiger partial charge on any atom is 0.335 e. The van der Waals surface area contributed by atoms with E-state index in [1.807, 2.05) is 6.92 Å². The summed E-state index contributed by atoms with van der Waals surface area (Å²) >= 11 is 0. The number of hydrogen-bond acceptors (Lipinski definition) is 4. The minimum atomic E-state index is -0.989. The van der Waals surface area contributed by atoms with Crippen molar-refractivity contribution in [1.29, 1.82) is 0 Å². The van der Waals surface area contributed by atoms with Crippen LogP contribution in [-0.4, -0.2) is 21.9 Å². The lowest BCUT2D eigenvalue weighted by atomic mass is 10.0. The van der Waals surface area contributed by atoms with Crippen molar-refractivity contribution in [3.63, 3.8) is 0 Å². The van der Waals surface area contributed by atoms with Crippen molar-refractivity contribution < 1.29 is 19.6 Å². The third kappa shape index (κ3) is 5.14. The van der Waals surface area contributed by atoms with Gasteiger partial charge in [0.05, 0.1) is 16.5 Å². The number of carboxylic acids is 1. The molecule has 0 radical (unpaired) electrons. The molecule has 1 unspecified atom stereocenters. The first kappa shape index (κ1) is 19.1. The molecule has 0 saturated carbocycles. The Kier molecular flexibility index (Phi) is 6.43. The van der Waals surface area contributed by atoms with Crippen molar-refractivity contribution in [3.05, 3.63) is 75.3 Å². The average Bonchev–Trinajstić information content (AvgIpc) is 2.64. The lowest BCUT2D eigenvalue weighted by Gasteiger charge is -2.17. The number of carboxylic acid groups (broad SMARTS) is 1. The van der Waals surface area contributed by atoms with Crippen molar-refractivity contribution in [2.24, 2.45) is 0 Å². The number of nitrogens with zero attached hydrogens (tertiary/aromatic N) is 1. The summed E-state index contributed by atoms with van der Waals surface area (Å²) in [6.07, 6.45) is 1.34. The van der Waals surface area contributed by atoms with E-state index in [4.69, 9.17) is 5.11 Å². The monoisotopic (exact) mass is 356 g/mol. The third-order valence-corrected chi connectivity index (χ3v) is 4.07. The summed E-state index contributed by atoms with van der Waals surface area (Å²) in [6.45, 7) is 1.90. The smallest absolute Gasteiger partial charge is 0.335 e. The molecule has 0 spiro atoms. The lowest BCUT2D eigenvalue weighted by molar-refractivity contribution is -0.384. The number of nitrogens with one attached hydrogen (secondary N) is 1. The SMILES string of the molecule is CCC(NC(=O)CCc1ccc(C(=O)O)cc1)c1cccc([N+](=O)[O-])c1. The zero-order valence-corrected chi connectivity index (χ0v) is 14.3. The van der Waals surface area contributed by atoms with Crippen LogP contribution in [0.25, 0.3) is 0 Å². The summed E-state index contributed by atoms with van der Waals surface area (Å²) < 4.78 is 0. The highest BCUT2D eigenvalue weighted by Gasteiger charge is 2.15. The molecular formula is C19H20N2O5. The van der Waals surface area contributed by atoms with Gasteiger partial charge >= 0.3 is 5.97 Å². The van der Waals surface area contributed by atoms with E-state index >= 15 is 0 Å². The summed E-state index contributed by atoms with van der Waals surface area (Å²) in [5.41, 5.74) is 1.76. The predicted molar refractivity (Wildman–Crippen MR) is 96.0 cm³/mol. The zero-order valence-electron chi connectivity index (χ0n) is 14.3. The van der Waals surface area contributed by atoms with E-state index in [1.54, 1.807) is 24.3 Å². The normalized spacial score (nSPS) is 11.6. The van der Waals surface area contributed by atoms with Gasteiger partial charge in [-0.25, -0.2) is 4.79 Å². The molecule has 7 heteroatoms. The van der Waals surface area contributed by atoms with Crippen molar-refractivity contribution in [2.45, 2.75) is 32.2 Å². The lowest BCUT2D eigenvalue weighted by Crippen LogP contribution is -2.28. The number of nitro groups is 1. The summed E-state index contributed by atoms with van der Waals surface area (Å²) in [7, 11) is 0. The van der Waals surface area contributed by atoms with Crippen LogP contribution < -0.4 is 5.32 Å². The highest BCUT2D eigenvalue weighted by atomic mass is 16.6. The summed E-state index contributed by atoms with van der Waals surface area (Å²) in [6, 6.07) is 12.3. The Morgan fingerprint density at radius 3 is 2.46 bits per heavy atom. The van der Waals surface area contributed by atoms with Gasteiger partial charge in [-0.2, -0.15) is 0 Å². The van der Waals surface area contributed by atoms with Gasteiger partial charge in [0.2, 0.25) is 5.91 Å². The van der Waals surface area contributed by atoms with Crippen LogP contribution in [0.2, 0.25) is 0 Å². The Bertz CT molecular complexity index is 802. The second kappa shape index (κ2) is 8.75. The van der Waals surface area contributed by atoms with Gasteiger partial charge in [0.1, 0.15) is 0 Å². The number of non-ortho nitro benzene ring substituents is 1. The maximum atomic E-state index is 12.2. The van der Waals surface area contributed by atoms with Crippen LogP contribution in [0.5, 0.6) is 0 Å². The molecule has 1 amide bonds. The zero-order chi connectivity index (χ0) is 19.1. The summed E-state index contributed by atoms with van der Waals surface area (Å²) in [5, 5.41) is 22.7. The fourth-order valence-electron chi connectivity index (χ4n) is 2.61.